The highest BCUT2D eigenvalue weighted by Crippen LogP contribution is 2.44. The standard InChI is InChI=1S/C24H20N2O7S/c1-11-9-14-10-13(6-7-15(14)33-11)19(27)17-18(16-5-4-8-32-16)26(22(29)20(17)28)24-25-12(2)21(34-24)23(30)31-3/h4-8,10-11,18,27H,9H2,1-3H3. The Bertz CT molecular complexity index is 1360. The minimum atomic E-state index is -1.06. The maximum absolute atomic E-state index is 13.2. The van der Waals surface area contributed by atoms with Gasteiger partial charge in [0.1, 0.15) is 34.3 Å². The van der Waals surface area contributed by atoms with Crippen LogP contribution in [0.15, 0.2) is 46.6 Å². The Morgan fingerprint density at radius 3 is 2.79 bits per heavy atom. The maximum Gasteiger partial charge on any atom is 0.350 e. The van der Waals surface area contributed by atoms with Gasteiger partial charge in [-0.1, -0.05) is 11.3 Å². The summed E-state index contributed by atoms with van der Waals surface area (Å²) in [5, 5.41) is 11.4. The molecule has 3 aromatic rings. The number of aryl methyl sites for hydroxylation is 1. The third kappa shape index (κ3) is 3.38. The lowest BCUT2D eigenvalue weighted by molar-refractivity contribution is -0.132. The number of hydrogen-bond acceptors (Lipinski definition) is 9. The Kier molecular flexibility index (Phi) is 5.24. The quantitative estimate of drug-likeness (QED) is 0.259. The SMILES string of the molecule is COC(=O)c1sc(N2C(=O)C(=O)C(=C(O)c3ccc4c(c3)CC(C)O4)C2c2ccco2)nc1C. The number of aliphatic hydroxyl groups excluding tert-OH is 1. The first-order valence-corrected chi connectivity index (χ1v) is 11.3. The van der Waals surface area contributed by atoms with Crippen molar-refractivity contribution < 1.29 is 33.4 Å². The number of methoxy groups -OCH3 is 1. The van der Waals surface area contributed by atoms with E-state index in [1.54, 1.807) is 37.3 Å². The number of fused-ring (bicyclic) bond motifs is 1. The van der Waals surface area contributed by atoms with Crippen molar-refractivity contribution >= 4 is 39.9 Å². The molecule has 2 aromatic heterocycles. The molecular formula is C24H20N2O7S. The van der Waals surface area contributed by atoms with Gasteiger partial charge in [-0.05, 0) is 49.7 Å². The molecule has 34 heavy (non-hydrogen) atoms. The first kappa shape index (κ1) is 21.9. The zero-order chi connectivity index (χ0) is 24.1. The normalized spacial score (nSPS) is 21.0. The number of amides is 1. The van der Waals surface area contributed by atoms with E-state index in [2.05, 4.69) is 4.98 Å². The van der Waals surface area contributed by atoms with E-state index in [0.717, 1.165) is 27.5 Å². The number of aliphatic hydroxyl groups is 1. The smallest absolute Gasteiger partial charge is 0.350 e. The second-order valence-corrected chi connectivity index (χ2v) is 9.02. The van der Waals surface area contributed by atoms with Gasteiger partial charge >= 0.3 is 11.9 Å². The van der Waals surface area contributed by atoms with Crippen LogP contribution in [0.25, 0.3) is 5.76 Å². The van der Waals surface area contributed by atoms with Crippen molar-refractivity contribution in [2.75, 3.05) is 12.0 Å². The highest BCUT2D eigenvalue weighted by molar-refractivity contribution is 7.17. The summed E-state index contributed by atoms with van der Waals surface area (Å²) in [5.74, 6) is -1.69. The Hall–Kier alpha value is -3.92. The fourth-order valence-corrected chi connectivity index (χ4v) is 5.25. The van der Waals surface area contributed by atoms with E-state index < -0.39 is 23.7 Å². The van der Waals surface area contributed by atoms with Gasteiger partial charge in [-0.3, -0.25) is 14.5 Å². The molecule has 0 radical (unpaired) electrons. The van der Waals surface area contributed by atoms with Gasteiger partial charge in [0.25, 0.3) is 5.78 Å². The molecule has 174 valence electrons. The fourth-order valence-electron chi connectivity index (χ4n) is 4.24. The number of thiazole rings is 1. The minimum absolute atomic E-state index is 0.0123. The highest BCUT2D eigenvalue weighted by atomic mass is 32.1. The topological polar surface area (TPSA) is 119 Å². The van der Waals surface area contributed by atoms with Crippen molar-refractivity contribution in [3.05, 3.63) is 69.6 Å². The number of ketones is 1. The molecule has 0 spiro atoms. The molecule has 1 aromatic carbocycles. The van der Waals surface area contributed by atoms with Gasteiger partial charge in [-0.25, -0.2) is 9.78 Å². The lowest BCUT2D eigenvalue weighted by Gasteiger charge is -2.20. The zero-order valence-electron chi connectivity index (χ0n) is 18.5. The first-order valence-electron chi connectivity index (χ1n) is 10.5. The van der Waals surface area contributed by atoms with Gasteiger partial charge in [0, 0.05) is 12.0 Å². The number of furan rings is 1. The molecule has 2 aliphatic heterocycles. The van der Waals surface area contributed by atoms with Crippen LogP contribution in [0.4, 0.5) is 5.13 Å². The molecular weight excluding hydrogens is 460 g/mol. The molecule has 10 heteroatoms. The molecule has 2 aliphatic rings. The molecule has 0 saturated carbocycles. The monoisotopic (exact) mass is 480 g/mol. The molecule has 1 saturated heterocycles. The summed E-state index contributed by atoms with van der Waals surface area (Å²) < 4.78 is 16.0. The first-order chi connectivity index (χ1) is 16.3. The predicted octanol–water partition coefficient (Wildman–Crippen LogP) is 3.78. The third-order valence-electron chi connectivity index (χ3n) is 5.79. The van der Waals surface area contributed by atoms with Crippen LogP contribution in [0.1, 0.15) is 45.2 Å². The summed E-state index contributed by atoms with van der Waals surface area (Å²) in [5.41, 5.74) is 1.52. The molecule has 1 N–H and O–H groups in total. The van der Waals surface area contributed by atoms with Crippen LogP contribution in [-0.2, 0) is 20.7 Å². The summed E-state index contributed by atoms with van der Waals surface area (Å²) in [6.07, 6.45) is 2.09. The van der Waals surface area contributed by atoms with Crippen LogP contribution in [0.5, 0.6) is 5.75 Å². The van der Waals surface area contributed by atoms with E-state index in [1.165, 1.54) is 13.4 Å². The van der Waals surface area contributed by atoms with Crippen molar-refractivity contribution in [2.24, 2.45) is 0 Å². The van der Waals surface area contributed by atoms with Gasteiger partial charge in [0.05, 0.1) is 24.6 Å². The summed E-state index contributed by atoms with van der Waals surface area (Å²) in [7, 11) is 1.25. The maximum atomic E-state index is 13.2. The van der Waals surface area contributed by atoms with E-state index in [4.69, 9.17) is 13.9 Å². The van der Waals surface area contributed by atoms with Crippen LogP contribution < -0.4 is 9.64 Å². The fraction of sp³-hybridized carbons (Fsp3) is 0.250. The molecule has 5 rings (SSSR count). The van der Waals surface area contributed by atoms with Crippen LogP contribution >= 0.6 is 11.3 Å². The van der Waals surface area contributed by atoms with Crippen LogP contribution in [-0.4, -0.2) is 41.0 Å². The number of anilines is 1. The van der Waals surface area contributed by atoms with Gasteiger partial charge in [-0.15, -0.1) is 0 Å². The van der Waals surface area contributed by atoms with Gasteiger partial charge in [0.2, 0.25) is 0 Å². The number of carbonyl (C=O) groups is 3. The molecule has 1 amide bonds. The van der Waals surface area contributed by atoms with Crippen LogP contribution in [0.2, 0.25) is 0 Å². The van der Waals surface area contributed by atoms with Crippen molar-refractivity contribution in [3.8, 4) is 5.75 Å². The van der Waals surface area contributed by atoms with E-state index in [0.29, 0.717) is 17.7 Å². The molecule has 4 heterocycles. The molecule has 0 bridgehead atoms. The Morgan fingerprint density at radius 1 is 1.29 bits per heavy atom. The molecule has 9 nitrogen and oxygen atoms in total. The number of aromatic nitrogens is 1. The number of nitrogens with zero attached hydrogens (tertiary/aromatic N) is 2. The van der Waals surface area contributed by atoms with E-state index in [-0.39, 0.29) is 33.2 Å². The number of carbonyl (C=O) groups excluding carboxylic acids is 3. The van der Waals surface area contributed by atoms with Crippen molar-refractivity contribution in [2.45, 2.75) is 32.4 Å². The van der Waals surface area contributed by atoms with Gasteiger partial charge in [-0.2, -0.15) is 0 Å². The molecule has 2 atom stereocenters. The Labute approximate surface area is 198 Å². The molecule has 0 aliphatic carbocycles. The van der Waals surface area contributed by atoms with Gasteiger partial charge < -0.3 is 19.0 Å². The summed E-state index contributed by atoms with van der Waals surface area (Å²) >= 11 is 0.927. The van der Waals surface area contributed by atoms with E-state index in [9.17, 15) is 19.5 Å². The van der Waals surface area contributed by atoms with Crippen LogP contribution in [0.3, 0.4) is 0 Å². The Morgan fingerprint density at radius 2 is 2.09 bits per heavy atom. The summed E-state index contributed by atoms with van der Waals surface area (Å²) in [4.78, 5) is 44.1. The number of hydrogen-bond donors (Lipinski definition) is 1. The van der Waals surface area contributed by atoms with Crippen molar-refractivity contribution in [1.82, 2.24) is 4.98 Å². The van der Waals surface area contributed by atoms with Gasteiger partial charge in [0.15, 0.2) is 5.13 Å². The lowest BCUT2D eigenvalue weighted by Crippen LogP contribution is -2.29. The number of rotatable bonds is 4. The number of benzene rings is 1. The highest BCUT2D eigenvalue weighted by Gasteiger charge is 2.49. The number of Topliss-reactive ketones (excluding diaryl/α,β-unsaturated/α-hetero) is 1. The predicted molar refractivity (Wildman–Crippen MR) is 122 cm³/mol. The molecule has 1 fully saturated rings. The van der Waals surface area contributed by atoms with Crippen LogP contribution in [0, 0.1) is 6.92 Å². The second-order valence-electron chi connectivity index (χ2n) is 8.04. The van der Waals surface area contributed by atoms with E-state index >= 15 is 0 Å². The minimum Gasteiger partial charge on any atom is -0.507 e. The van der Waals surface area contributed by atoms with Crippen molar-refractivity contribution in [1.29, 1.82) is 0 Å². The largest absolute Gasteiger partial charge is 0.507 e. The number of ether oxygens (including phenoxy) is 2. The summed E-state index contributed by atoms with van der Waals surface area (Å²) in [6.45, 7) is 3.55. The van der Waals surface area contributed by atoms with Crippen molar-refractivity contribution in [3.63, 3.8) is 0 Å². The van der Waals surface area contributed by atoms with E-state index in [1.807, 2.05) is 6.92 Å². The third-order valence-corrected chi connectivity index (χ3v) is 6.93. The zero-order valence-corrected chi connectivity index (χ0v) is 19.3. The Balaban J connectivity index is 1.65. The average Bonchev–Trinajstić information content (AvgIpc) is 3.59. The number of esters is 1. The second kappa shape index (κ2) is 8.14. The average molecular weight is 480 g/mol. The molecule has 2 unspecified atom stereocenters. The summed E-state index contributed by atoms with van der Waals surface area (Å²) in [6, 6.07) is 7.30. The lowest BCUT2D eigenvalue weighted by atomic mass is 9.97.